The molecule has 3 N–H and O–H groups in total. The summed E-state index contributed by atoms with van der Waals surface area (Å²) in [6.07, 6.45) is 1.38. The first-order valence-electron chi connectivity index (χ1n) is 5.16. The molecule has 0 saturated carbocycles. The van der Waals surface area contributed by atoms with Crippen molar-refractivity contribution in [1.82, 2.24) is 4.98 Å². The third-order valence-corrected chi connectivity index (χ3v) is 2.59. The summed E-state index contributed by atoms with van der Waals surface area (Å²) in [6, 6.07) is 4.85. The van der Waals surface area contributed by atoms with Crippen molar-refractivity contribution in [3.63, 3.8) is 0 Å². The van der Waals surface area contributed by atoms with Gasteiger partial charge in [-0.25, -0.2) is 9.18 Å². The number of aromatic amines is 1. The van der Waals surface area contributed by atoms with Gasteiger partial charge in [0.25, 0.3) is 5.91 Å². The summed E-state index contributed by atoms with van der Waals surface area (Å²) in [4.78, 5) is 25.3. The second-order valence-electron chi connectivity index (χ2n) is 3.65. The van der Waals surface area contributed by atoms with E-state index in [2.05, 4.69) is 10.3 Å². The highest BCUT2D eigenvalue weighted by molar-refractivity contribution is 6.31. The van der Waals surface area contributed by atoms with Crippen molar-refractivity contribution in [2.24, 2.45) is 0 Å². The van der Waals surface area contributed by atoms with Crippen LogP contribution in [-0.2, 0) is 0 Å². The Morgan fingerprint density at radius 2 is 2.11 bits per heavy atom. The molecular formula is C12H8ClFN2O3. The van der Waals surface area contributed by atoms with Crippen LogP contribution in [0.1, 0.15) is 20.8 Å². The van der Waals surface area contributed by atoms with E-state index in [9.17, 15) is 14.0 Å². The van der Waals surface area contributed by atoms with Crippen LogP contribution in [0.15, 0.2) is 30.5 Å². The Kier molecular flexibility index (Phi) is 3.52. The van der Waals surface area contributed by atoms with Crippen LogP contribution in [0.25, 0.3) is 0 Å². The number of hydrogen-bond donors (Lipinski definition) is 3. The molecule has 5 nitrogen and oxygen atoms in total. The van der Waals surface area contributed by atoms with Crippen LogP contribution in [0.3, 0.4) is 0 Å². The lowest BCUT2D eigenvalue weighted by Crippen LogP contribution is -2.16. The molecule has 0 aliphatic heterocycles. The summed E-state index contributed by atoms with van der Waals surface area (Å²) in [5.74, 6) is -2.84. The molecular weight excluding hydrogens is 275 g/mol. The Morgan fingerprint density at radius 3 is 2.68 bits per heavy atom. The normalized spacial score (nSPS) is 10.2. The number of carboxylic acid groups (broad SMARTS) is 1. The molecule has 0 aliphatic rings. The van der Waals surface area contributed by atoms with E-state index in [1.165, 1.54) is 24.4 Å². The summed E-state index contributed by atoms with van der Waals surface area (Å²) in [7, 11) is 0. The lowest BCUT2D eigenvalue weighted by atomic mass is 10.1. The number of anilines is 1. The standard InChI is InChI=1S/C12H8ClFN2O3/c13-6-4-9(15-5-6)11(17)16-10-7(12(18)19)2-1-3-8(10)14/h1-5,15H,(H,16,17)(H,18,19). The molecule has 2 aromatic rings. The zero-order chi connectivity index (χ0) is 14.0. The van der Waals surface area contributed by atoms with Crippen LogP contribution in [0, 0.1) is 5.82 Å². The summed E-state index contributed by atoms with van der Waals surface area (Å²) in [5, 5.41) is 11.5. The van der Waals surface area contributed by atoms with Gasteiger partial charge < -0.3 is 15.4 Å². The number of aromatic nitrogens is 1. The predicted molar refractivity (Wildman–Crippen MR) is 67.1 cm³/mol. The zero-order valence-electron chi connectivity index (χ0n) is 9.41. The van der Waals surface area contributed by atoms with Gasteiger partial charge in [0.2, 0.25) is 0 Å². The van der Waals surface area contributed by atoms with Gasteiger partial charge >= 0.3 is 5.97 Å². The Morgan fingerprint density at radius 1 is 1.37 bits per heavy atom. The van der Waals surface area contributed by atoms with Crippen molar-refractivity contribution < 1.29 is 19.1 Å². The van der Waals surface area contributed by atoms with E-state index in [0.717, 1.165) is 6.07 Å². The fraction of sp³-hybridized carbons (Fsp3) is 0. The molecule has 1 aromatic carbocycles. The Balaban J connectivity index is 2.33. The molecule has 1 heterocycles. The number of rotatable bonds is 3. The van der Waals surface area contributed by atoms with Crippen molar-refractivity contribution in [3.8, 4) is 0 Å². The summed E-state index contributed by atoms with van der Waals surface area (Å²) in [6.45, 7) is 0. The first-order valence-corrected chi connectivity index (χ1v) is 5.54. The van der Waals surface area contributed by atoms with E-state index in [4.69, 9.17) is 16.7 Å². The summed E-state index contributed by atoms with van der Waals surface area (Å²) < 4.78 is 13.6. The highest BCUT2D eigenvalue weighted by Gasteiger charge is 2.17. The number of carbonyl (C=O) groups excluding carboxylic acids is 1. The molecule has 7 heteroatoms. The van der Waals surface area contributed by atoms with E-state index in [1.54, 1.807) is 0 Å². The van der Waals surface area contributed by atoms with Crippen LogP contribution in [-0.4, -0.2) is 22.0 Å². The molecule has 1 aromatic heterocycles. The Bertz CT molecular complexity index is 654. The SMILES string of the molecule is O=C(Nc1c(F)cccc1C(=O)O)c1cc(Cl)c[nH]1. The van der Waals surface area contributed by atoms with Crippen LogP contribution in [0.2, 0.25) is 5.02 Å². The minimum Gasteiger partial charge on any atom is -0.478 e. The molecule has 0 atom stereocenters. The van der Waals surface area contributed by atoms with E-state index >= 15 is 0 Å². The van der Waals surface area contributed by atoms with Crippen molar-refractivity contribution in [2.75, 3.05) is 5.32 Å². The highest BCUT2D eigenvalue weighted by atomic mass is 35.5. The molecule has 0 bridgehead atoms. The van der Waals surface area contributed by atoms with Gasteiger partial charge in [-0.3, -0.25) is 4.79 Å². The zero-order valence-corrected chi connectivity index (χ0v) is 10.2. The molecule has 0 radical (unpaired) electrons. The number of carbonyl (C=O) groups is 2. The Hall–Kier alpha value is -2.34. The van der Waals surface area contributed by atoms with Gasteiger partial charge in [-0.2, -0.15) is 0 Å². The van der Waals surface area contributed by atoms with Gasteiger partial charge in [0.1, 0.15) is 11.5 Å². The van der Waals surface area contributed by atoms with E-state index < -0.39 is 17.7 Å². The quantitative estimate of drug-likeness (QED) is 0.809. The number of carboxylic acids is 1. The monoisotopic (exact) mass is 282 g/mol. The molecule has 0 saturated heterocycles. The fourth-order valence-corrected chi connectivity index (χ4v) is 1.67. The number of para-hydroxylation sites is 1. The van der Waals surface area contributed by atoms with Gasteiger partial charge in [-0.15, -0.1) is 0 Å². The van der Waals surface area contributed by atoms with Gasteiger partial charge in [0.05, 0.1) is 16.3 Å². The van der Waals surface area contributed by atoms with Crippen molar-refractivity contribution in [2.45, 2.75) is 0 Å². The van der Waals surface area contributed by atoms with Crippen LogP contribution < -0.4 is 5.32 Å². The maximum Gasteiger partial charge on any atom is 0.337 e. The number of aromatic carboxylic acids is 1. The molecule has 0 fully saturated rings. The van der Waals surface area contributed by atoms with Crippen molar-refractivity contribution in [3.05, 3.63) is 52.6 Å². The fourth-order valence-electron chi connectivity index (χ4n) is 1.51. The molecule has 98 valence electrons. The third-order valence-electron chi connectivity index (χ3n) is 2.37. The predicted octanol–water partition coefficient (Wildman–Crippen LogP) is 2.76. The highest BCUT2D eigenvalue weighted by Crippen LogP contribution is 2.21. The number of hydrogen-bond acceptors (Lipinski definition) is 2. The van der Waals surface area contributed by atoms with Gasteiger partial charge in [0, 0.05) is 6.20 Å². The number of halogens is 2. The smallest absolute Gasteiger partial charge is 0.337 e. The first-order chi connectivity index (χ1) is 8.99. The molecule has 0 spiro atoms. The summed E-state index contributed by atoms with van der Waals surface area (Å²) >= 11 is 5.64. The largest absolute Gasteiger partial charge is 0.478 e. The topological polar surface area (TPSA) is 82.2 Å². The molecule has 1 amide bonds. The average molecular weight is 283 g/mol. The van der Waals surface area contributed by atoms with E-state index in [-0.39, 0.29) is 16.9 Å². The van der Waals surface area contributed by atoms with Gasteiger partial charge in [-0.1, -0.05) is 17.7 Å². The van der Waals surface area contributed by atoms with Crippen LogP contribution in [0.5, 0.6) is 0 Å². The summed E-state index contributed by atoms with van der Waals surface area (Å²) in [5.41, 5.74) is -0.610. The number of benzene rings is 1. The third kappa shape index (κ3) is 2.74. The lowest BCUT2D eigenvalue weighted by molar-refractivity contribution is 0.0697. The minimum absolute atomic E-state index is 0.101. The van der Waals surface area contributed by atoms with Gasteiger partial charge in [-0.05, 0) is 18.2 Å². The van der Waals surface area contributed by atoms with Crippen LogP contribution in [0.4, 0.5) is 10.1 Å². The number of H-pyrrole nitrogens is 1. The molecule has 19 heavy (non-hydrogen) atoms. The second kappa shape index (κ2) is 5.11. The number of nitrogens with one attached hydrogen (secondary N) is 2. The second-order valence-corrected chi connectivity index (χ2v) is 4.09. The maximum atomic E-state index is 13.6. The van der Waals surface area contributed by atoms with E-state index in [0.29, 0.717) is 5.02 Å². The van der Waals surface area contributed by atoms with E-state index in [1.807, 2.05) is 0 Å². The lowest BCUT2D eigenvalue weighted by Gasteiger charge is -2.08. The average Bonchev–Trinajstić information content (AvgIpc) is 2.78. The van der Waals surface area contributed by atoms with Crippen molar-refractivity contribution in [1.29, 1.82) is 0 Å². The van der Waals surface area contributed by atoms with Crippen molar-refractivity contribution >= 4 is 29.2 Å². The number of amides is 1. The molecule has 0 aliphatic carbocycles. The molecule has 2 rings (SSSR count). The van der Waals surface area contributed by atoms with Gasteiger partial charge in [0.15, 0.2) is 0 Å². The minimum atomic E-state index is -1.33. The molecule has 0 unspecified atom stereocenters. The first kappa shape index (κ1) is 13.1. The Labute approximate surface area is 112 Å². The maximum absolute atomic E-state index is 13.6. The van der Waals surface area contributed by atoms with Crippen LogP contribution >= 0.6 is 11.6 Å².